The van der Waals surface area contributed by atoms with Gasteiger partial charge in [0.1, 0.15) is 12.0 Å². The zero-order chi connectivity index (χ0) is 14.0. The summed E-state index contributed by atoms with van der Waals surface area (Å²) in [5, 5.41) is 11.8. The Morgan fingerprint density at radius 3 is 2.50 bits per heavy atom. The average molecular weight is 251 g/mol. The monoisotopic (exact) mass is 251 g/mol. The number of carbonyl (C=O) groups is 2. The highest BCUT2D eigenvalue weighted by molar-refractivity contribution is 5.76. The lowest BCUT2D eigenvalue weighted by molar-refractivity contribution is -0.109. The van der Waals surface area contributed by atoms with E-state index in [-0.39, 0.29) is 11.7 Å². The molecule has 1 atom stereocenters. The van der Waals surface area contributed by atoms with Gasteiger partial charge in [0.05, 0.1) is 5.69 Å². The van der Waals surface area contributed by atoms with Crippen molar-refractivity contribution in [1.82, 2.24) is 0 Å². The number of carbonyl (C=O) groups excluding carboxylic acids is 2. The first-order chi connectivity index (χ1) is 8.72. The number of hydrogen-bond donors (Lipinski definition) is 2. The van der Waals surface area contributed by atoms with Crippen LogP contribution in [0, 0.1) is 0 Å². The zero-order valence-electron chi connectivity index (χ0n) is 11.1. The fourth-order valence-corrected chi connectivity index (χ4v) is 1.59. The first kappa shape index (κ1) is 16.2. The standard InChI is InChI=1S/C12H15NO3.C2H6/c1-2-3-10(7-14)9-4-5-12(16)11(6-9)13-8-15;1-2/h4-8,10,16H,2-3H2,1H3,(H,13,15);1-2H3. The van der Waals surface area contributed by atoms with Crippen molar-refractivity contribution in [3.63, 3.8) is 0 Å². The number of benzene rings is 1. The molecule has 1 aromatic carbocycles. The molecule has 2 N–H and O–H groups in total. The lowest BCUT2D eigenvalue weighted by Crippen LogP contribution is -2.02. The molecule has 0 fully saturated rings. The molecular formula is C14H21NO3. The molecule has 0 bridgehead atoms. The van der Waals surface area contributed by atoms with Gasteiger partial charge in [-0.2, -0.15) is 0 Å². The maximum absolute atomic E-state index is 10.9. The summed E-state index contributed by atoms with van der Waals surface area (Å²) < 4.78 is 0. The van der Waals surface area contributed by atoms with Gasteiger partial charge in [0, 0.05) is 5.92 Å². The zero-order valence-corrected chi connectivity index (χ0v) is 11.1. The SMILES string of the molecule is CC.CCCC(C=O)c1ccc(O)c(NC=O)c1. The lowest BCUT2D eigenvalue weighted by Gasteiger charge is -2.11. The second-order valence-corrected chi connectivity index (χ2v) is 3.57. The smallest absolute Gasteiger partial charge is 0.211 e. The average Bonchev–Trinajstić information content (AvgIpc) is 2.41. The van der Waals surface area contributed by atoms with Gasteiger partial charge in [-0.05, 0) is 24.1 Å². The molecule has 0 aliphatic rings. The van der Waals surface area contributed by atoms with Crippen molar-refractivity contribution in [1.29, 1.82) is 0 Å². The van der Waals surface area contributed by atoms with E-state index in [9.17, 15) is 14.7 Å². The molecule has 4 heteroatoms. The number of aldehydes is 1. The van der Waals surface area contributed by atoms with Crippen molar-refractivity contribution >= 4 is 18.4 Å². The van der Waals surface area contributed by atoms with E-state index in [0.29, 0.717) is 12.1 Å². The van der Waals surface area contributed by atoms with Crippen molar-refractivity contribution in [2.45, 2.75) is 39.5 Å². The summed E-state index contributed by atoms with van der Waals surface area (Å²) in [4.78, 5) is 21.2. The third kappa shape index (κ3) is 4.57. The van der Waals surface area contributed by atoms with E-state index >= 15 is 0 Å². The highest BCUT2D eigenvalue weighted by atomic mass is 16.3. The van der Waals surface area contributed by atoms with Gasteiger partial charge in [0.15, 0.2) is 0 Å². The van der Waals surface area contributed by atoms with Crippen LogP contribution in [0.3, 0.4) is 0 Å². The van der Waals surface area contributed by atoms with Crippen molar-refractivity contribution in [2.75, 3.05) is 5.32 Å². The Morgan fingerprint density at radius 2 is 2.00 bits per heavy atom. The molecular weight excluding hydrogens is 230 g/mol. The van der Waals surface area contributed by atoms with Gasteiger partial charge >= 0.3 is 0 Å². The fraction of sp³-hybridized carbons (Fsp3) is 0.429. The van der Waals surface area contributed by atoms with Gasteiger partial charge in [0.25, 0.3) is 0 Å². The molecule has 4 nitrogen and oxygen atoms in total. The van der Waals surface area contributed by atoms with Crippen LogP contribution >= 0.6 is 0 Å². The summed E-state index contributed by atoms with van der Waals surface area (Å²) in [7, 11) is 0. The van der Waals surface area contributed by atoms with Crippen LogP contribution in [-0.2, 0) is 9.59 Å². The topological polar surface area (TPSA) is 66.4 Å². The normalized spacial score (nSPS) is 10.8. The Bertz CT molecular complexity index is 377. The molecule has 1 unspecified atom stereocenters. The van der Waals surface area contributed by atoms with Crippen molar-refractivity contribution in [3.05, 3.63) is 23.8 Å². The number of rotatable bonds is 6. The van der Waals surface area contributed by atoms with Crippen molar-refractivity contribution in [2.24, 2.45) is 0 Å². The number of anilines is 1. The summed E-state index contributed by atoms with van der Waals surface area (Å²) in [6.45, 7) is 6.00. The minimum Gasteiger partial charge on any atom is -0.506 e. The minimum atomic E-state index is -0.183. The number of phenolic OH excluding ortho intramolecular Hbond substituents is 1. The van der Waals surface area contributed by atoms with Crippen LogP contribution in [0.4, 0.5) is 5.69 Å². The Kier molecular flexibility index (Phi) is 8.27. The van der Waals surface area contributed by atoms with Gasteiger partial charge in [-0.15, -0.1) is 0 Å². The van der Waals surface area contributed by atoms with Gasteiger partial charge in [-0.3, -0.25) is 4.79 Å². The summed E-state index contributed by atoms with van der Waals surface area (Å²) in [6.07, 6.45) is 3.05. The van der Waals surface area contributed by atoms with Crippen LogP contribution < -0.4 is 5.32 Å². The number of aromatic hydroxyl groups is 1. The first-order valence-electron chi connectivity index (χ1n) is 6.21. The summed E-state index contributed by atoms with van der Waals surface area (Å²) in [5.74, 6) is -0.185. The Hall–Kier alpha value is -1.84. The molecule has 0 aromatic heterocycles. The molecule has 1 rings (SSSR count). The Balaban J connectivity index is 0.00000137. The van der Waals surface area contributed by atoms with E-state index in [2.05, 4.69) is 5.32 Å². The molecule has 0 aliphatic heterocycles. The fourth-order valence-electron chi connectivity index (χ4n) is 1.59. The predicted octanol–water partition coefficient (Wildman–Crippen LogP) is 3.07. The van der Waals surface area contributed by atoms with Crippen LogP contribution in [0.1, 0.15) is 45.1 Å². The lowest BCUT2D eigenvalue weighted by atomic mass is 9.95. The third-order valence-electron chi connectivity index (χ3n) is 2.43. The highest BCUT2D eigenvalue weighted by Gasteiger charge is 2.11. The molecule has 1 aromatic rings. The number of amides is 1. The van der Waals surface area contributed by atoms with E-state index in [1.165, 1.54) is 6.07 Å². The maximum Gasteiger partial charge on any atom is 0.211 e. The Labute approximate surface area is 108 Å². The minimum absolute atomic E-state index is 0.00278. The molecule has 0 radical (unpaired) electrons. The Morgan fingerprint density at radius 1 is 1.33 bits per heavy atom. The molecule has 0 saturated heterocycles. The van der Waals surface area contributed by atoms with E-state index in [1.54, 1.807) is 12.1 Å². The molecule has 0 saturated carbocycles. The van der Waals surface area contributed by atoms with Crippen LogP contribution in [0.5, 0.6) is 5.75 Å². The summed E-state index contributed by atoms with van der Waals surface area (Å²) in [5.41, 5.74) is 1.13. The molecule has 1 amide bonds. The third-order valence-corrected chi connectivity index (χ3v) is 2.43. The second-order valence-electron chi connectivity index (χ2n) is 3.57. The molecule has 0 aliphatic carbocycles. The van der Waals surface area contributed by atoms with Crippen molar-refractivity contribution < 1.29 is 14.7 Å². The van der Waals surface area contributed by atoms with Crippen LogP contribution in [-0.4, -0.2) is 17.8 Å². The number of hydrogen-bond acceptors (Lipinski definition) is 3. The van der Waals surface area contributed by atoms with Gasteiger partial charge in [-0.25, -0.2) is 0 Å². The number of phenols is 1. The van der Waals surface area contributed by atoms with E-state index in [0.717, 1.165) is 24.7 Å². The van der Waals surface area contributed by atoms with Crippen molar-refractivity contribution in [3.8, 4) is 5.75 Å². The number of nitrogens with one attached hydrogen (secondary N) is 1. The molecule has 0 heterocycles. The molecule has 0 spiro atoms. The van der Waals surface area contributed by atoms with Gasteiger partial charge < -0.3 is 15.2 Å². The van der Waals surface area contributed by atoms with E-state index in [1.807, 2.05) is 20.8 Å². The molecule has 100 valence electrons. The van der Waals surface area contributed by atoms with Gasteiger partial charge in [0.2, 0.25) is 6.41 Å². The van der Waals surface area contributed by atoms with Crippen LogP contribution in [0.25, 0.3) is 0 Å². The van der Waals surface area contributed by atoms with Crippen LogP contribution in [0.2, 0.25) is 0 Å². The highest BCUT2D eigenvalue weighted by Crippen LogP contribution is 2.28. The summed E-state index contributed by atoms with van der Waals surface area (Å²) in [6, 6.07) is 4.80. The maximum atomic E-state index is 10.9. The second kappa shape index (κ2) is 9.22. The van der Waals surface area contributed by atoms with Gasteiger partial charge in [-0.1, -0.05) is 33.3 Å². The quantitative estimate of drug-likeness (QED) is 0.603. The van der Waals surface area contributed by atoms with E-state index < -0.39 is 0 Å². The van der Waals surface area contributed by atoms with E-state index in [4.69, 9.17) is 0 Å². The summed E-state index contributed by atoms with van der Waals surface area (Å²) >= 11 is 0. The van der Waals surface area contributed by atoms with Crippen LogP contribution in [0.15, 0.2) is 18.2 Å². The predicted molar refractivity (Wildman–Crippen MR) is 72.9 cm³/mol. The first-order valence-corrected chi connectivity index (χ1v) is 6.21. The largest absolute Gasteiger partial charge is 0.506 e. The molecule has 18 heavy (non-hydrogen) atoms.